The summed E-state index contributed by atoms with van der Waals surface area (Å²) in [5.41, 5.74) is 3.95. The van der Waals surface area contributed by atoms with E-state index >= 15 is 0 Å². The van der Waals surface area contributed by atoms with Crippen LogP contribution in [0.15, 0.2) is 36.7 Å². The van der Waals surface area contributed by atoms with Crippen LogP contribution in [0.1, 0.15) is 37.2 Å². The molecule has 0 bridgehead atoms. The van der Waals surface area contributed by atoms with Gasteiger partial charge in [-0.15, -0.1) is 0 Å². The van der Waals surface area contributed by atoms with Gasteiger partial charge in [0.15, 0.2) is 0 Å². The van der Waals surface area contributed by atoms with Gasteiger partial charge in [0, 0.05) is 31.1 Å². The van der Waals surface area contributed by atoms with E-state index < -0.39 is 0 Å². The minimum atomic E-state index is 0.201. The first-order valence-corrected chi connectivity index (χ1v) is 8.90. The van der Waals surface area contributed by atoms with Gasteiger partial charge in [-0.2, -0.15) is 0 Å². The van der Waals surface area contributed by atoms with Gasteiger partial charge in [-0.25, -0.2) is 4.98 Å². The number of rotatable bonds is 4. The summed E-state index contributed by atoms with van der Waals surface area (Å²) in [7, 11) is 0. The third-order valence-corrected chi connectivity index (χ3v) is 5.60. The zero-order valence-corrected chi connectivity index (χ0v) is 14.5. The molecule has 2 aliphatic rings. The average molecular weight is 323 g/mol. The highest BCUT2D eigenvalue weighted by molar-refractivity contribution is 5.82. The minimum Gasteiger partial charge on any atom is -0.336 e. The van der Waals surface area contributed by atoms with Crippen molar-refractivity contribution < 1.29 is 4.79 Å². The number of aromatic nitrogens is 2. The fraction of sp³-hybridized carbons (Fsp3) is 0.500. The molecule has 0 spiro atoms. The first kappa shape index (κ1) is 15.4. The van der Waals surface area contributed by atoms with Gasteiger partial charge in [-0.1, -0.05) is 44.2 Å². The number of hydrogen-bond donors (Lipinski definition) is 0. The zero-order valence-electron chi connectivity index (χ0n) is 14.5. The molecule has 1 aliphatic carbocycles. The van der Waals surface area contributed by atoms with Crippen molar-refractivity contribution >= 4 is 5.91 Å². The van der Waals surface area contributed by atoms with Gasteiger partial charge in [0.1, 0.15) is 0 Å². The van der Waals surface area contributed by atoms with Gasteiger partial charge in [-0.3, -0.25) is 4.79 Å². The van der Waals surface area contributed by atoms with E-state index in [2.05, 4.69) is 53.7 Å². The molecule has 24 heavy (non-hydrogen) atoms. The Balaban J connectivity index is 1.41. The van der Waals surface area contributed by atoms with Crippen molar-refractivity contribution in [1.82, 2.24) is 14.5 Å². The van der Waals surface area contributed by atoms with E-state index in [1.54, 1.807) is 0 Å². The van der Waals surface area contributed by atoms with Crippen molar-refractivity contribution in [2.45, 2.75) is 46.2 Å². The van der Waals surface area contributed by atoms with Gasteiger partial charge < -0.3 is 9.47 Å². The standard InChI is InChI=1S/C20H25N3O/c1-20(2)12-16(20)19(24)22-11-9-18-17(13-22)21-14-23(18)10-8-15-6-4-3-5-7-15/h3-7,14,16H,8-13H2,1-2H3. The number of aryl methyl sites for hydroxylation is 2. The number of carbonyl (C=O) groups is 1. The Morgan fingerprint density at radius 2 is 2.04 bits per heavy atom. The summed E-state index contributed by atoms with van der Waals surface area (Å²) in [6.45, 7) is 6.83. The second-order valence-corrected chi connectivity index (χ2v) is 7.82. The molecule has 2 heterocycles. The van der Waals surface area contributed by atoms with Gasteiger partial charge in [-0.05, 0) is 23.8 Å². The monoisotopic (exact) mass is 323 g/mol. The van der Waals surface area contributed by atoms with Gasteiger partial charge in [0.05, 0.1) is 18.6 Å². The van der Waals surface area contributed by atoms with Crippen molar-refractivity contribution in [2.75, 3.05) is 6.54 Å². The minimum absolute atomic E-state index is 0.201. The number of nitrogens with zero attached hydrogens (tertiary/aromatic N) is 3. The summed E-state index contributed by atoms with van der Waals surface area (Å²) >= 11 is 0. The molecule has 1 aromatic heterocycles. The summed E-state index contributed by atoms with van der Waals surface area (Å²) < 4.78 is 2.27. The van der Waals surface area contributed by atoms with Crippen molar-refractivity contribution in [2.24, 2.45) is 11.3 Å². The number of imidazole rings is 1. The van der Waals surface area contributed by atoms with E-state index in [9.17, 15) is 4.79 Å². The molecule has 2 aromatic rings. The molecule has 126 valence electrons. The fourth-order valence-corrected chi connectivity index (χ4v) is 3.75. The molecule has 1 unspecified atom stereocenters. The molecule has 1 amide bonds. The van der Waals surface area contributed by atoms with E-state index in [4.69, 9.17) is 0 Å². The molecule has 0 N–H and O–H groups in total. The van der Waals surface area contributed by atoms with Crippen LogP contribution in [0.3, 0.4) is 0 Å². The van der Waals surface area contributed by atoms with Crippen LogP contribution in [-0.2, 0) is 30.7 Å². The van der Waals surface area contributed by atoms with Crippen LogP contribution < -0.4 is 0 Å². The largest absolute Gasteiger partial charge is 0.336 e. The second-order valence-electron chi connectivity index (χ2n) is 7.82. The van der Waals surface area contributed by atoms with Crippen LogP contribution in [0, 0.1) is 11.3 Å². The lowest BCUT2D eigenvalue weighted by Gasteiger charge is -2.28. The lowest BCUT2D eigenvalue weighted by atomic mass is 10.1. The Labute approximate surface area is 143 Å². The number of fused-ring (bicyclic) bond motifs is 1. The van der Waals surface area contributed by atoms with E-state index in [1.165, 1.54) is 11.3 Å². The molecule has 1 aliphatic heterocycles. The first-order chi connectivity index (χ1) is 11.5. The second kappa shape index (κ2) is 5.76. The van der Waals surface area contributed by atoms with Crippen LogP contribution in [0.5, 0.6) is 0 Å². The summed E-state index contributed by atoms with van der Waals surface area (Å²) in [4.78, 5) is 19.2. The van der Waals surface area contributed by atoms with Crippen molar-refractivity contribution in [3.8, 4) is 0 Å². The molecule has 1 fully saturated rings. The fourth-order valence-electron chi connectivity index (χ4n) is 3.75. The maximum Gasteiger partial charge on any atom is 0.226 e. The van der Waals surface area contributed by atoms with E-state index in [1.807, 2.05) is 11.2 Å². The Bertz CT molecular complexity index is 747. The normalized spacial score (nSPS) is 21.4. The molecular weight excluding hydrogens is 298 g/mol. The molecular formula is C20H25N3O. The molecule has 4 rings (SSSR count). The smallest absolute Gasteiger partial charge is 0.226 e. The zero-order chi connectivity index (χ0) is 16.7. The number of benzene rings is 1. The SMILES string of the molecule is CC1(C)CC1C(=O)N1CCc2c(ncn2CCc2ccccc2)C1. The van der Waals surface area contributed by atoms with Gasteiger partial charge >= 0.3 is 0 Å². The molecule has 0 saturated heterocycles. The Kier molecular flexibility index (Phi) is 3.70. The molecule has 1 atom stereocenters. The predicted octanol–water partition coefficient (Wildman–Crippen LogP) is 3.06. The van der Waals surface area contributed by atoms with Gasteiger partial charge in [0.2, 0.25) is 5.91 Å². The lowest BCUT2D eigenvalue weighted by Crippen LogP contribution is -2.38. The maximum atomic E-state index is 12.6. The van der Waals surface area contributed by atoms with Crippen molar-refractivity contribution in [3.63, 3.8) is 0 Å². The summed E-state index contributed by atoms with van der Waals surface area (Å²) in [6, 6.07) is 10.6. The summed E-state index contributed by atoms with van der Waals surface area (Å²) in [6.07, 6.45) is 4.91. The van der Waals surface area contributed by atoms with E-state index in [0.29, 0.717) is 12.5 Å². The third-order valence-electron chi connectivity index (χ3n) is 5.60. The lowest BCUT2D eigenvalue weighted by molar-refractivity contribution is -0.134. The van der Waals surface area contributed by atoms with E-state index in [0.717, 1.165) is 38.0 Å². The number of hydrogen-bond acceptors (Lipinski definition) is 2. The Hall–Kier alpha value is -2.10. The topological polar surface area (TPSA) is 38.1 Å². The van der Waals surface area contributed by atoms with Crippen molar-refractivity contribution in [3.05, 3.63) is 53.6 Å². The molecule has 4 heteroatoms. The number of carbonyl (C=O) groups excluding carboxylic acids is 1. The van der Waals surface area contributed by atoms with Crippen LogP contribution in [0.25, 0.3) is 0 Å². The van der Waals surface area contributed by atoms with Crippen LogP contribution in [-0.4, -0.2) is 26.9 Å². The highest BCUT2D eigenvalue weighted by atomic mass is 16.2. The van der Waals surface area contributed by atoms with Crippen molar-refractivity contribution in [1.29, 1.82) is 0 Å². The summed E-state index contributed by atoms with van der Waals surface area (Å²) in [5.74, 6) is 0.545. The molecule has 4 nitrogen and oxygen atoms in total. The third kappa shape index (κ3) is 2.85. The Morgan fingerprint density at radius 3 is 2.75 bits per heavy atom. The highest BCUT2D eigenvalue weighted by Gasteiger charge is 2.52. The first-order valence-electron chi connectivity index (χ1n) is 8.90. The maximum absolute atomic E-state index is 12.6. The van der Waals surface area contributed by atoms with Crippen LogP contribution in [0.2, 0.25) is 0 Å². The summed E-state index contributed by atoms with van der Waals surface area (Å²) in [5, 5.41) is 0. The van der Waals surface area contributed by atoms with Crippen LogP contribution >= 0.6 is 0 Å². The van der Waals surface area contributed by atoms with E-state index in [-0.39, 0.29) is 11.3 Å². The predicted molar refractivity (Wildman–Crippen MR) is 93.4 cm³/mol. The van der Waals surface area contributed by atoms with Gasteiger partial charge in [0.25, 0.3) is 0 Å². The van der Waals surface area contributed by atoms with Crippen LogP contribution in [0.4, 0.5) is 0 Å². The average Bonchev–Trinajstić information content (AvgIpc) is 3.05. The quantitative estimate of drug-likeness (QED) is 0.867. The molecule has 1 aromatic carbocycles. The molecule has 0 radical (unpaired) electrons. The Morgan fingerprint density at radius 1 is 1.29 bits per heavy atom. The number of amides is 1. The molecule has 1 saturated carbocycles. The highest BCUT2D eigenvalue weighted by Crippen LogP contribution is 2.52.